The van der Waals surface area contributed by atoms with Gasteiger partial charge in [0, 0.05) is 11.5 Å². The number of rotatable bonds is 8. The number of Topliss-reactive ketones (excluding diaryl/α,β-unsaturated/α-hetero) is 1. The minimum Gasteiger partial charge on any atom is -0.489 e. The second kappa shape index (κ2) is 8.68. The first kappa shape index (κ1) is 18.3. The lowest BCUT2D eigenvalue weighted by atomic mass is 9.85. The van der Waals surface area contributed by atoms with E-state index in [4.69, 9.17) is 4.74 Å². The first-order chi connectivity index (χ1) is 11.5. The number of hydrogen-bond donors (Lipinski definition) is 0. The molecule has 0 saturated carbocycles. The van der Waals surface area contributed by atoms with Gasteiger partial charge in [-0.2, -0.15) is 0 Å². The maximum absolute atomic E-state index is 12.7. The molecule has 0 aromatic heterocycles. The van der Waals surface area contributed by atoms with Gasteiger partial charge in [-0.15, -0.1) is 0 Å². The van der Waals surface area contributed by atoms with E-state index in [1.807, 2.05) is 62.4 Å². The largest absolute Gasteiger partial charge is 0.489 e. The molecule has 0 bridgehead atoms. The molecule has 2 atom stereocenters. The Bertz CT molecular complexity index is 661. The van der Waals surface area contributed by atoms with Crippen molar-refractivity contribution in [2.45, 2.75) is 47.1 Å². The van der Waals surface area contributed by atoms with E-state index in [0.29, 0.717) is 12.5 Å². The van der Waals surface area contributed by atoms with Gasteiger partial charge in [0.1, 0.15) is 12.4 Å². The zero-order valence-electron chi connectivity index (χ0n) is 15.2. The van der Waals surface area contributed by atoms with Crippen molar-refractivity contribution in [1.82, 2.24) is 0 Å². The van der Waals surface area contributed by atoms with Crippen LogP contribution in [-0.4, -0.2) is 5.78 Å². The smallest absolute Gasteiger partial charge is 0.165 e. The second-order valence-corrected chi connectivity index (χ2v) is 6.67. The molecule has 2 heteroatoms. The van der Waals surface area contributed by atoms with Crippen molar-refractivity contribution in [3.05, 3.63) is 65.2 Å². The Balaban J connectivity index is 2.04. The Morgan fingerprint density at radius 3 is 2.42 bits per heavy atom. The van der Waals surface area contributed by atoms with Gasteiger partial charge in [0.15, 0.2) is 5.78 Å². The molecule has 24 heavy (non-hydrogen) atoms. The normalized spacial score (nSPS) is 13.3. The summed E-state index contributed by atoms with van der Waals surface area (Å²) in [5.41, 5.74) is 2.93. The summed E-state index contributed by atoms with van der Waals surface area (Å²) >= 11 is 0. The average molecular weight is 324 g/mol. The number of carbonyl (C=O) groups excluding carboxylic acids is 1. The van der Waals surface area contributed by atoms with Gasteiger partial charge in [0.25, 0.3) is 0 Å². The quantitative estimate of drug-likeness (QED) is 0.571. The SMILES string of the molecule is CCCC(C)C(C)C(=O)c1ccc(OCc2ccccc2)c(C)c1. The number of carbonyl (C=O) groups is 1. The van der Waals surface area contributed by atoms with Gasteiger partial charge in [-0.1, -0.05) is 63.9 Å². The van der Waals surface area contributed by atoms with Crippen LogP contribution in [0.3, 0.4) is 0 Å². The summed E-state index contributed by atoms with van der Waals surface area (Å²) in [6.45, 7) is 8.90. The van der Waals surface area contributed by atoms with Crippen molar-refractivity contribution in [2.75, 3.05) is 0 Å². The first-order valence-corrected chi connectivity index (χ1v) is 8.84. The molecule has 0 fully saturated rings. The third kappa shape index (κ3) is 4.70. The van der Waals surface area contributed by atoms with E-state index in [1.54, 1.807) is 0 Å². The highest BCUT2D eigenvalue weighted by molar-refractivity contribution is 5.98. The highest BCUT2D eigenvalue weighted by Crippen LogP contribution is 2.25. The van der Waals surface area contributed by atoms with Crippen LogP contribution < -0.4 is 4.74 Å². The van der Waals surface area contributed by atoms with Crippen molar-refractivity contribution in [2.24, 2.45) is 11.8 Å². The van der Waals surface area contributed by atoms with Crippen LogP contribution in [0.5, 0.6) is 5.75 Å². The summed E-state index contributed by atoms with van der Waals surface area (Å²) in [5.74, 6) is 1.54. The minimum atomic E-state index is 0.0560. The molecule has 0 amide bonds. The van der Waals surface area contributed by atoms with Gasteiger partial charge >= 0.3 is 0 Å². The molecule has 0 aliphatic rings. The van der Waals surface area contributed by atoms with Crippen molar-refractivity contribution in [1.29, 1.82) is 0 Å². The van der Waals surface area contributed by atoms with E-state index in [9.17, 15) is 4.79 Å². The predicted molar refractivity (Wildman–Crippen MR) is 99.5 cm³/mol. The molecule has 2 aromatic carbocycles. The van der Waals surface area contributed by atoms with Crippen molar-refractivity contribution in [3.63, 3.8) is 0 Å². The lowest BCUT2D eigenvalue weighted by Crippen LogP contribution is -2.19. The Morgan fingerprint density at radius 1 is 1.08 bits per heavy atom. The van der Waals surface area contributed by atoms with Crippen LogP contribution >= 0.6 is 0 Å². The van der Waals surface area contributed by atoms with Crippen LogP contribution in [0.1, 0.15) is 55.1 Å². The van der Waals surface area contributed by atoms with Crippen LogP contribution in [0, 0.1) is 18.8 Å². The Kier molecular flexibility index (Phi) is 6.60. The molecular formula is C22H28O2. The Hall–Kier alpha value is -2.09. The Labute approximate surface area is 145 Å². The van der Waals surface area contributed by atoms with E-state index in [-0.39, 0.29) is 11.7 Å². The molecule has 2 nitrogen and oxygen atoms in total. The molecule has 128 valence electrons. The summed E-state index contributed by atoms with van der Waals surface area (Å²) in [4.78, 5) is 12.7. The topological polar surface area (TPSA) is 26.3 Å². The number of benzene rings is 2. The summed E-state index contributed by atoms with van der Waals surface area (Å²) in [6.07, 6.45) is 2.20. The van der Waals surface area contributed by atoms with Crippen LogP contribution in [0.25, 0.3) is 0 Å². The highest BCUT2D eigenvalue weighted by atomic mass is 16.5. The first-order valence-electron chi connectivity index (χ1n) is 8.84. The molecule has 0 saturated heterocycles. The van der Waals surface area contributed by atoms with Gasteiger partial charge in [0.2, 0.25) is 0 Å². The molecule has 0 N–H and O–H groups in total. The van der Waals surface area contributed by atoms with Crippen LogP contribution in [0.2, 0.25) is 0 Å². The number of hydrogen-bond acceptors (Lipinski definition) is 2. The van der Waals surface area contributed by atoms with Crippen LogP contribution in [-0.2, 0) is 6.61 Å². The van der Waals surface area contributed by atoms with Gasteiger partial charge < -0.3 is 4.74 Å². The fourth-order valence-corrected chi connectivity index (χ4v) is 2.93. The summed E-state index contributed by atoms with van der Waals surface area (Å²) in [5, 5.41) is 0. The summed E-state index contributed by atoms with van der Waals surface area (Å²) in [7, 11) is 0. The van der Waals surface area contributed by atoms with E-state index < -0.39 is 0 Å². The van der Waals surface area contributed by atoms with Crippen LogP contribution in [0.4, 0.5) is 0 Å². The third-order valence-corrected chi connectivity index (χ3v) is 4.71. The maximum Gasteiger partial charge on any atom is 0.165 e. The highest BCUT2D eigenvalue weighted by Gasteiger charge is 2.21. The minimum absolute atomic E-state index is 0.0560. The van der Waals surface area contributed by atoms with Gasteiger partial charge in [-0.25, -0.2) is 0 Å². The zero-order valence-corrected chi connectivity index (χ0v) is 15.2. The van der Waals surface area contributed by atoms with E-state index in [1.165, 1.54) is 0 Å². The van der Waals surface area contributed by atoms with Gasteiger partial charge in [-0.05, 0) is 42.2 Å². The molecule has 0 aliphatic heterocycles. The maximum atomic E-state index is 12.7. The standard InChI is InChI=1S/C22H28O2/c1-5-9-16(2)18(4)22(23)20-12-13-21(17(3)14-20)24-15-19-10-7-6-8-11-19/h6-8,10-14,16,18H,5,9,15H2,1-4H3. The number of aryl methyl sites for hydroxylation is 1. The van der Waals surface area contributed by atoms with Crippen molar-refractivity contribution < 1.29 is 9.53 Å². The van der Waals surface area contributed by atoms with Crippen LogP contribution in [0.15, 0.2) is 48.5 Å². The number of ketones is 1. The van der Waals surface area contributed by atoms with E-state index >= 15 is 0 Å². The molecule has 2 aromatic rings. The fourth-order valence-electron chi connectivity index (χ4n) is 2.93. The molecule has 0 aliphatic carbocycles. The molecule has 2 rings (SSSR count). The Morgan fingerprint density at radius 2 is 1.79 bits per heavy atom. The molecule has 0 spiro atoms. The molecular weight excluding hydrogens is 296 g/mol. The average Bonchev–Trinajstić information content (AvgIpc) is 2.60. The molecule has 0 radical (unpaired) electrons. The van der Waals surface area contributed by atoms with Gasteiger partial charge in [0.05, 0.1) is 0 Å². The lowest BCUT2D eigenvalue weighted by Gasteiger charge is -2.19. The second-order valence-electron chi connectivity index (χ2n) is 6.67. The predicted octanol–water partition coefficient (Wildman–Crippen LogP) is 5.83. The lowest BCUT2D eigenvalue weighted by molar-refractivity contribution is 0.0889. The fraction of sp³-hybridized carbons (Fsp3) is 0.409. The monoisotopic (exact) mass is 324 g/mol. The van der Waals surface area contributed by atoms with Gasteiger partial charge in [-0.3, -0.25) is 4.79 Å². The van der Waals surface area contributed by atoms with E-state index in [2.05, 4.69) is 13.8 Å². The van der Waals surface area contributed by atoms with E-state index in [0.717, 1.165) is 35.3 Å². The summed E-state index contributed by atoms with van der Waals surface area (Å²) < 4.78 is 5.89. The van der Waals surface area contributed by atoms with Crippen molar-refractivity contribution in [3.8, 4) is 5.75 Å². The number of ether oxygens (including phenoxy) is 1. The molecule has 2 unspecified atom stereocenters. The van der Waals surface area contributed by atoms with Crippen molar-refractivity contribution >= 4 is 5.78 Å². The third-order valence-electron chi connectivity index (χ3n) is 4.71. The summed E-state index contributed by atoms with van der Waals surface area (Å²) in [6, 6.07) is 15.9. The zero-order chi connectivity index (χ0) is 17.5. The molecule has 0 heterocycles.